The first-order valence-corrected chi connectivity index (χ1v) is 13.5. The van der Waals surface area contributed by atoms with Crippen molar-refractivity contribution in [2.24, 2.45) is 17.3 Å². The minimum atomic E-state index is -1.38. The molecule has 1 saturated carbocycles. The zero-order valence-corrected chi connectivity index (χ0v) is 23.5. The predicted molar refractivity (Wildman–Crippen MR) is 147 cm³/mol. The summed E-state index contributed by atoms with van der Waals surface area (Å²) in [6.45, 7) is 9.76. The molecule has 1 aliphatic heterocycles. The molecular formula is C31H32F2N4O4. The van der Waals surface area contributed by atoms with Crippen molar-refractivity contribution in [1.82, 2.24) is 20.4 Å². The molecule has 2 amide bonds. The average Bonchev–Trinajstić information content (AvgIpc) is 3.21. The Balaban J connectivity index is 1.50. The summed E-state index contributed by atoms with van der Waals surface area (Å²) in [5, 5.41) is 20.2. The van der Waals surface area contributed by atoms with Crippen LogP contribution in [0.3, 0.4) is 0 Å². The molecule has 10 heteroatoms. The summed E-state index contributed by atoms with van der Waals surface area (Å²) in [6, 6.07) is 8.89. The van der Waals surface area contributed by atoms with Crippen LogP contribution in [0.5, 0.6) is 0 Å². The van der Waals surface area contributed by atoms with Crippen molar-refractivity contribution in [1.29, 1.82) is 0 Å². The van der Waals surface area contributed by atoms with E-state index in [0.717, 1.165) is 17.2 Å². The average molecular weight is 563 g/mol. The number of carbonyl (C=O) groups excluding carboxylic acids is 2. The van der Waals surface area contributed by atoms with Crippen LogP contribution in [-0.2, 0) is 9.59 Å². The first-order valence-electron chi connectivity index (χ1n) is 13.5. The van der Waals surface area contributed by atoms with Crippen LogP contribution in [0.2, 0.25) is 0 Å². The largest absolute Gasteiger partial charge is 0.481 e. The first-order chi connectivity index (χ1) is 19.3. The maximum absolute atomic E-state index is 15.3. The molecule has 8 nitrogen and oxygen atoms in total. The Bertz CT molecular complexity index is 1540. The van der Waals surface area contributed by atoms with Crippen molar-refractivity contribution in [3.63, 3.8) is 0 Å². The molecule has 2 fully saturated rings. The number of likely N-dealkylation sites (tertiary alicyclic amines) is 1. The lowest BCUT2D eigenvalue weighted by molar-refractivity contribution is -0.138. The van der Waals surface area contributed by atoms with Crippen LogP contribution in [0.1, 0.15) is 59.2 Å². The molecule has 1 aliphatic carbocycles. The fourth-order valence-corrected chi connectivity index (χ4v) is 6.40. The van der Waals surface area contributed by atoms with Crippen molar-refractivity contribution < 1.29 is 28.3 Å². The lowest BCUT2D eigenvalue weighted by atomic mass is 9.92. The highest BCUT2D eigenvalue weighted by Crippen LogP contribution is 2.65. The van der Waals surface area contributed by atoms with E-state index in [2.05, 4.69) is 15.5 Å². The van der Waals surface area contributed by atoms with Gasteiger partial charge in [0.15, 0.2) is 17.3 Å². The van der Waals surface area contributed by atoms with Crippen LogP contribution in [-0.4, -0.2) is 50.6 Å². The van der Waals surface area contributed by atoms with Gasteiger partial charge in [0, 0.05) is 12.1 Å². The number of halogens is 2. The molecule has 1 saturated heterocycles. The van der Waals surface area contributed by atoms with Crippen LogP contribution >= 0.6 is 0 Å². The summed E-state index contributed by atoms with van der Waals surface area (Å²) in [7, 11) is 0. The Kier molecular flexibility index (Phi) is 7.13. The second kappa shape index (κ2) is 10.3. The first kappa shape index (κ1) is 28.3. The van der Waals surface area contributed by atoms with E-state index < -0.39 is 47.9 Å². The Hall–Kier alpha value is -4.21. The van der Waals surface area contributed by atoms with Crippen LogP contribution in [0.4, 0.5) is 8.78 Å². The monoisotopic (exact) mass is 562 g/mol. The van der Waals surface area contributed by atoms with E-state index in [1.165, 1.54) is 11.0 Å². The van der Waals surface area contributed by atoms with E-state index in [9.17, 15) is 23.9 Å². The normalized spacial score (nSPS) is 21.2. The van der Waals surface area contributed by atoms with Gasteiger partial charge in [-0.2, -0.15) is 5.10 Å². The van der Waals surface area contributed by atoms with Crippen LogP contribution < -0.4 is 5.32 Å². The Morgan fingerprint density at radius 2 is 1.76 bits per heavy atom. The predicted octanol–water partition coefficient (Wildman–Crippen LogP) is 4.78. The minimum Gasteiger partial charge on any atom is -0.481 e. The zero-order chi connectivity index (χ0) is 29.8. The molecule has 4 atom stereocenters. The van der Waals surface area contributed by atoms with E-state index in [1.54, 1.807) is 19.1 Å². The number of aromatic nitrogens is 2. The highest BCUT2D eigenvalue weighted by atomic mass is 19.2. The molecule has 2 aliphatic rings. The van der Waals surface area contributed by atoms with Crippen LogP contribution in [0, 0.1) is 49.7 Å². The van der Waals surface area contributed by atoms with Gasteiger partial charge in [0.1, 0.15) is 6.04 Å². The molecule has 214 valence electrons. The molecule has 2 aromatic carbocycles. The van der Waals surface area contributed by atoms with E-state index in [1.807, 2.05) is 45.9 Å². The summed E-state index contributed by atoms with van der Waals surface area (Å²) >= 11 is 0. The molecule has 0 spiro atoms. The highest BCUT2D eigenvalue weighted by Gasteiger charge is 2.69. The number of nitrogens with one attached hydrogen (secondary N) is 1. The smallest absolute Gasteiger partial charge is 0.305 e. The number of carbonyl (C=O) groups is 3. The summed E-state index contributed by atoms with van der Waals surface area (Å²) < 4.78 is 30.3. The topological polar surface area (TPSA) is 112 Å². The second-order valence-corrected chi connectivity index (χ2v) is 11.7. The third kappa shape index (κ3) is 5.07. The summed E-state index contributed by atoms with van der Waals surface area (Å²) in [6.07, 6.45) is -0.681. The zero-order valence-electron chi connectivity index (χ0n) is 23.5. The molecule has 1 unspecified atom stereocenters. The lowest BCUT2D eigenvalue weighted by Crippen LogP contribution is -2.51. The van der Waals surface area contributed by atoms with Gasteiger partial charge in [0.25, 0.3) is 5.91 Å². The number of piperidine rings is 1. The Labute approximate surface area is 236 Å². The maximum atomic E-state index is 15.3. The highest BCUT2D eigenvalue weighted by molar-refractivity contribution is 5.97. The third-order valence-electron chi connectivity index (χ3n) is 8.65. The van der Waals surface area contributed by atoms with Crippen LogP contribution in [0.15, 0.2) is 42.5 Å². The third-order valence-corrected chi connectivity index (χ3v) is 8.65. The number of hydrogen-bond donors (Lipinski definition) is 2. The molecule has 3 aromatic rings. The molecule has 2 heterocycles. The van der Waals surface area contributed by atoms with Gasteiger partial charge in [0.05, 0.1) is 18.2 Å². The van der Waals surface area contributed by atoms with Gasteiger partial charge in [-0.05, 0) is 84.5 Å². The fourth-order valence-electron chi connectivity index (χ4n) is 6.40. The van der Waals surface area contributed by atoms with Gasteiger partial charge in [-0.25, -0.2) is 8.78 Å². The Morgan fingerprint density at radius 1 is 1.07 bits per heavy atom. The lowest BCUT2D eigenvalue weighted by Gasteiger charge is -2.31. The number of benzene rings is 2. The standard InChI is InChI=1S/C31H32F2N4O4/c1-15-7-6-8-16(2)25(15)18-11-19(27(33)21(32)12-18)23(13-24(38)39)34-29(40)28-26-20(31(26,4)5)14-37(28)30(41)22-10-9-17(3)35-36-22/h6-12,20,23,26,28H,13-14H2,1-5H3,(H,34,40)(H,38,39)/t20?,23-,26-,28-/m0/s1. The number of aliphatic carboxylic acids is 1. The number of carboxylic acid groups (broad SMARTS) is 1. The SMILES string of the molecule is Cc1ccc(C(=O)N2CC3[C@@H]([C@H]2C(=O)N[C@@H](CC(=O)O)c2cc(-c4c(C)cccc4C)cc(F)c2F)C3(C)C)nn1. The molecule has 0 radical (unpaired) electrons. The summed E-state index contributed by atoms with van der Waals surface area (Å²) in [4.78, 5) is 40.5. The molecule has 0 bridgehead atoms. The number of carboxylic acids is 1. The van der Waals surface area contributed by atoms with Crippen LogP contribution in [0.25, 0.3) is 11.1 Å². The van der Waals surface area contributed by atoms with Gasteiger partial charge >= 0.3 is 5.97 Å². The molecule has 2 N–H and O–H groups in total. The number of nitrogens with zero attached hydrogens (tertiary/aromatic N) is 3. The van der Waals surface area contributed by atoms with E-state index in [-0.39, 0.29) is 28.5 Å². The second-order valence-electron chi connectivity index (χ2n) is 11.7. The number of amides is 2. The van der Waals surface area contributed by atoms with E-state index >= 15 is 4.39 Å². The summed E-state index contributed by atoms with van der Waals surface area (Å²) in [5.74, 6) is -4.90. The van der Waals surface area contributed by atoms with Crippen molar-refractivity contribution in [2.75, 3.05) is 6.54 Å². The van der Waals surface area contributed by atoms with Gasteiger partial charge in [-0.3, -0.25) is 14.4 Å². The van der Waals surface area contributed by atoms with Gasteiger partial charge in [0.2, 0.25) is 5.91 Å². The number of rotatable bonds is 7. The molecule has 41 heavy (non-hydrogen) atoms. The van der Waals surface area contributed by atoms with E-state index in [0.29, 0.717) is 23.4 Å². The van der Waals surface area contributed by atoms with Crippen molar-refractivity contribution in [3.8, 4) is 11.1 Å². The van der Waals surface area contributed by atoms with Crippen molar-refractivity contribution in [3.05, 3.63) is 82.2 Å². The Morgan fingerprint density at radius 3 is 2.37 bits per heavy atom. The maximum Gasteiger partial charge on any atom is 0.305 e. The van der Waals surface area contributed by atoms with Gasteiger partial charge in [-0.1, -0.05) is 32.0 Å². The molecular weight excluding hydrogens is 530 g/mol. The van der Waals surface area contributed by atoms with Gasteiger partial charge < -0.3 is 15.3 Å². The molecule has 5 rings (SSSR count). The van der Waals surface area contributed by atoms with Gasteiger partial charge in [-0.15, -0.1) is 5.10 Å². The molecule has 1 aromatic heterocycles. The summed E-state index contributed by atoms with van der Waals surface area (Å²) in [5.41, 5.74) is 2.97. The van der Waals surface area contributed by atoms with Crippen molar-refractivity contribution in [2.45, 2.75) is 53.1 Å². The fraction of sp³-hybridized carbons (Fsp3) is 0.387. The van der Waals surface area contributed by atoms with Crippen molar-refractivity contribution >= 4 is 17.8 Å². The minimum absolute atomic E-state index is 0.0556. The number of fused-ring (bicyclic) bond motifs is 1. The van der Waals surface area contributed by atoms with E-state index in [4.69, 9.17) is 0 Å². The number of aryl methyl sites for hydroxylation is 3. The quantitative estimate of drug-likeness (QED) is 0.429. The number of hydrogen-bond acceptors (Lipinski definition) is 5.